The fraction of sp³-hybridized carbons (Fsp3) is 0.146. The Labute approximate surface area is 265 Å². The second-order valence-corrected chi connectivity index (χ2v) is 11.5. The zero-order valence-electron chi connectivity index (χ0n) is 25.7. The molecule has 0 aliphatic heterocycles. The second kappa shape index (κ2) is 12.1. The maximum absolute atomic E-state index is 12.9. The van der Waals surface area contributed by atoms with Crippen LogP contribution >= 0.6 is 0 Å². The van der Waals surface area contributed by atoms with Crippen LogP contribution in [0.3, 0.4) is 0 Å². The molecular weight excluding hydrogens is 550 g/mol. The van der Waals surface area contributed by atoms with E-state index in [0.29, 0.717) is 16.7 Å². The highest BCUT2D eigenvalue weighted by atomic mass is 16.1. The van der Waals surface area contributed by atoms with Crippen LogP contribution < -0.4 is 4.90 Å². The van der Waals surface area contributed by atoms with Gasteiger partial charge in [-0.25, -0.2) is 0 Å². The second-order valence-electron chi connectivity index (χ2n) is 11.5. The summed E-state index contributed by atoms with van der Waals surface area (Å²) in [6, 6.07) is 38.2. The Morgan fingerprint density at radius 2 is 1.31 bits per heavy atom. The fourth-order valence-corrected chi connectivity index (χ4v) is 6.77. The number of para-hydroxylation sites is 2. The van der Waals surface area contributed by atoms with Crippen LogP contribution in [0, 0.1) is 22.7 Å². The first-order chi connectivity index (χ1) is 21.9. The number of anilines is 3. The van der Waals surface area contributed by atoms with Gasteiger partial charge in [0, 0.05) is 33.6 Å². The number of allylic oxidation sites excluding steroid dienone is 7. The number of nitrogens with zero attached hydrogens (tertiary/aromatic N) is 3. The molecule has 0 unspecified atom stereocenters. The van der Waals surface area contributed by atoms with E-state index in [9.17, 15) is 15.3 Å². The first-order valence-electron chi connectivity index (χ1n) is 15.3. The van der Waals surface area contributed by atoms with Crippen LogP contribution in [0.1, 0.15) is 50.3 Å². The van der Waals surface area contributed by atoms with Crippen LogP contribution in [-0.2, 0) is 10.2 Å². The van der Waals surface area contributed by atoms with Crippen LogP contribution in [0.5, 0.6) is 0 Å². The number of benzene rings is 4. The van der Waals surface area contributed by atoms with Crippen LogP contribution in [-0.4, -0.2) is 5.78 Å². The average Bonchev–Trinajstić information content (AvgIpc) is 3.36. The van der Waals surface area contributed by atoms with E-state index >= 15 is 0 Å². The summed E-state index contributed by atoms with van der Waals surface area (Å²) in [4.78, 5) is 15.2. The van der Waals surface area contributed by atoms with Crippen molar-refractivity contribution in [2.24, 2.45) is 0 Å². The molecular formula is C41H33N3O. The zero-order valence-corrected chi connectivity index (χ0v) is 25.7. The highest BCUT2D eigenvalue weighted by Crippen LogP contribution is 2.54. The van der Waals surface area contributed by atoms with E-state index in [1.54, 1.807) is 25.2 Å². The van der Waals surface area contributed by atoms with Gasteiger partial charge in [0.1, 0.15) is 17.7 Å². The molecule has 0 atom stereocenters. The summed E-state index contributed by atoms with van der Waals surface area (Å²) in [5, 5.41) is 18.7. The monoisotopic (exact) mass is 583 g/mol. The lowest BCUT2D eigenvalue weighted by Gasteiger charge is -2.32. The molecule has 0 saturated heterocycles. The molecule has 2 aliphatic carbocycles. The summed E-state index contributed by atoms with van der Waals surface area (Å²) < 4.78 is 0. The molecule has 4 aromatic rings. The summed E-state index contributed by atoms with van der Waals surface area (Å²) >= 11 is 0. The molecule has 4 aromatic carbocycles. The molecule has 0 saturated carbocycles. The van der Waals surface area contributed by atoms with Gasteiger partial charge in [0.05, 0.1) is 0 Å². The van der Waals surface area contributed by atoms with Crippen LogP contribution in [0.25, 0.3) is 17.2 Å². The molecule has 0 heterocycles. The van der Waals surface area contributed by atoms with Gasteiger partial charge in [0.15, 0.2) is 5.78 Å². The molecule has 0 fully saturated rings. The fourth-order valence-electron chi connectivity index (χ4n) is 6.77. The summed E-state index contributed by atoms with van der Waals surface area (Å²) in [5.74, 6) is -0.107. The number of carbonyl (C=O) groups excluding carboxylic acids is 1. The number of hydrogen-bond acceptors (Lipinski definition) is 4. The summed E-state index contributed by atoms with van der Waals surface area (Å²) in [6.45, 7) is 6.24. The Hall–Kier alpha value is -5.71. The summed E-state index contributed by atoms with van der Waals surface area (Å²) in [6.07, 6.45) is 8.88. The van der Waals surface area contributed by atoms with Gasteiger partial charge in [-0.1, -0.05) is 86.7 Å². The molecule has 0 amide bonds. The minimum Gasteiger partial charge on any atom is -0.310 e. The number of Topliss-reactive ketones (excluding diaryl/α,β-unsaturated/α-hetero) is 1. The Bertz CT molecular complexity index is 1960. The Balaban J connectivity index is 1.42. The predicted octanol–water partition coefficient (Wildman–Crippen LogP) is 10.1. The standard InChI is InChI=1S/C41H33N3O/c1-4-41(5-2)38-23-29(16-18-30-24-31(32(26-42)27-43)22-28(3)40(30)45)17-20-36(38)37-21-19-35(25-39(37)41)44(33-12-8-6-9-13-33)34-14-10-7-11-15-34/h6-25H,4-5H2,1-3H3. The normalized spacial score (nSPS) is 14.6. The molecule has 2 aliphatic rings. The van der Waals surface area contributed by atoms with E-state index < -0.39 is 0 Å². The number of rotatable bonds is 7. The van der Waals surface area contributed by atoms with Gasteiger partial charge in [-0.2, -0.15) is 10.5 Å². The van der Waals surface area contributed by atoms with Crippen molar-refractivity contribution in [3.63, 3.8) is 0 Å². The molecule has 45 heavy (non-hydrogen) atoms. The van der Waals surface area contributed by atoms with Gasteiger partial charge in [0.25, 0.3) is 0 Å². The number of ketones is 1. The predicted molar refractivity (Wildman–Crippen MR) is 182 cm³/mol. The highest BCUT2D eigenvalue weighted by molar-refractivity contribution is 6.12. The van der Waals surface area contributed by atoms with E-state index in [2.05, 4.69) is 104 Å². The van der Waals surface area contributed by atoms with E-state index in [-0.39, 0.29) is 16.8 Å². The van der Waals surface area contributed by atoms with Gasteiger partial charge < -0.3 is 4.90 Å². The Morgan fingerprint density at radius 3 is 1.89 bits per heavy atom. The van der Waals surface area contributed by atoms with E-state index in [0.717, 1.165) is 35.5 Å². The highest BCUT2D eigenvalue weighted by Gasteiger charge is 2.41. The van der Waals surface area contributed by atoms with Crippen molar-refractivity contribution in [3.05, 3.63) is 154 Å². The molecule has 218 valence electrons. The van der Waals surface area contributed by atoms with Gasteiger partial charge in [-0.15, -0.1) is 0 Å². The van der Waals surface area contributed by atoms with Crippen molar-refractivity contribution in [3.8, 4) is 23.3 Å². The maximum atomic E-state index is 12.9. The van der Waals surface area contributed by atoms with E-state index in [1.807, 2.05) is 30.3 Å². The van der Waals surface area contributed by atoms with E-state index in [4.69, 9.17) is 0 Å². The zero-order chi connectivity index (χ0) is 31.6. The SMILES string of the molecule is CCC1(CC)c2cc(C=CC3=CC(=C(C#N)C#N)C=C(C)C3=O)ccc2-c2ccc(N(c3ccccc3)c3ccccc3)cc21. The average molecular weight is 584 g/mol. The third-order valence-corrected chi connectivity index (χ3v) is 9.13. The van der Waals surface area contributed by atoms with Crippen LogP contribution in [0.4, 0.5) is 17.1 Å². The number of carbonyl (C=O) groups is 1. The Kier molecular flexibility index (Phi) is 7.91. The molecule has 0 radical (unpaired) electrons. The van der Waals surface area contributed by atoms with Crippen molar-refractivity contribution in [1.29, 1.82) is 10.5 Å². The van der Waals surface area contributed by atoms with Crippen LogP contribution in [0.2, 0.25) is 0 Å². The molecule has 0 N–H and O–H groups in total. The van der Waals surface area contributed by atoms with Gasteiger partial charge >= 0.3 is 0 Å². The minimum absolute atomic E-state index is 0.00353. The molecule has 6 rings (SSSR count). The summed E-state index contributed by atoms with van der Waals surface area (Å²) in [5.41, 5.74) is 10.7. The first-order valence-corrected chi connectivity index (χ1v) is 15.3. The van der Waals surface area contributed by atoms with Crippen LogP contribution in [0.15, 0.2) is 138 Å². The van der Waals surface area contributed by atoms with Crippen molar-refractivity contribution in [1.82, 2.24) is 0 Å². The third kappa shape index (κ3) is 5.12. The molecule has 4 nitrogen and oxygen atoms in total. The molecule has 0 spiro atoms. The van der Waals surface area contributed by atoms with Gasteiger partial charge in [0.2, 0.25) is 0 Å². The summed E-state index contributed by atoms with van der Waals surface area (Å²) in [7, 11) is 0. The lowest BCUT2D eigenvalue weighted by atomic mass is 9.73. The third-order valence-electron chi connectivity index (χ3n) is 9.13. The smallest absolute Gasteiger partial charge is 0.188 e. The lowest BCUT2D eigenvalue weighted by molar-refractivity contribution is -0.112. The van der Waals surface area contributed by atoms with Crippen molar-refractivity contribution < 1.29 is 4.79 Å². The topological polar surface area (TPSA) is 67.9 Å². The number of nitriles is 2. The minimum atomic E-state index is -0.160. The lowest BCUT2D eigenvalue weighted by Crippen LogP contribution is -2.23. The van der Waals surface area contributed by atoms with Gasteiger partial charge in [-0.05, 0) is 102 Å². The van der Waals surface area contributed by atoms with Crippen molar-refractivity contribution in [2.45, 2.75) is 39.0 Å². The first kappa shape index (κ1) is 29.4. The molecule has 0 bridgehead atoms. The number of hydrogen-bond donors (Lipinski definition) is 0. The number of fused-ring (bicyclic) bond motifs is 3. The van der Waals surface area contributed by atoms with Gasteiger partial charge in [-0.3, -0.25) is 4.79 Å². The van der Waals surface area contributed by atoms with Crippen molar-refractivity contribution >= 4 is 28.9 Å². The molecule has 4 heteroatoms. The quantitative estimate of drug-likeness (QED) is 0.203. The van der Waals surface area contributed by atoms with E-state index in [1.165, 1.54) is 22.3 Å². The Morgan fingerprint density at radius 1 is 0.733 bits per heavy atom. The maximum Gasteiger partial charge on any atom is 0.188 e. The largest absolute Gasteiger partial charge is 0.310 e. The van der Waals surface area contributed by atoms with Crippen molar-refractivity contribution in [2.75, 3.05) is 4.90 Å². The molecule has 0 aromatic heterocycles.